The molecule has 5 nitrogen and oxygen atoms in total. The molecule has 2 heterocycles. The van der Waals surface area contributed by atoms with Crippen LogP contribution in [0.15, 0.2) is 95.6 Å². The Morgan fingerprint density at radius 1 is 0.882 bits per heavy atom. The third-order valence-electron chi connectivity index (χ3n) is 5.27. The largest absolute Gasteiger partial charge is 0.356 e. The van der Waals surface area contributed by atoms with Crippen LogP contribution in [0.4, 0.5) is 17.1 Å². The van der Waals surface area contributed by atoms with E-state index in [1.807, 2.05) is 54.6 Å². The van der Waals surface area contributed by atoms with E-state index in [0.29, 0.717) is 0 Å². The van der Waals surface area contributed by atoms with Gasteiger partial charge in [-0.2, -0.15) is 0 Å². The average molecular weight is 483 g/mol. The molecule has 0 fully saturated rings. The number of thioether (sulfide) groups is 1. The first kappa shape index (κ1) is 22.1. The van der Waals surface area contributed by atoms with E-state index < -0.39 is 0 Å². The van der Waals surface area contributed by atoms with Crippen molar-refractivity contribution in [2.24, 2.45) is 0 Å². The van der Waals surface area contributed by atoms with Gasteiger partial charge in [-0.1, -0.05) is 59.8 Å². The Kier molecular flexibility index (Phi) is 6.56. The van der Waals surface area contributed by atoms with Gasteiger partial charge >= 0.3 is 0 Å². The zero-order chi connectivity index (χ0) is 23.3. The van der Waals surface area contributed by atoms with Crippen LogP contribution in [-0.2, 0) is 4.79 Å². The third kappa shape index (κ3) is 5.11. The number of carbonyl (C=O) groups excluding carboxylic acids is 1. The van der Waals surface area contributed by atoms with Crippen molar-refractivity contribution in [3.8, 4) is 11.1 Å². The van der Waals surface area contributed by atoms with Gasteiger partial charge in [0.15, 0.2) is 0 Å². The first-order valence-electron chi connectivity index (χ1n) is 10.8. The van der Waals surface area contributed by atoms with Gasteiger partial charge in [-0.15, -0.1) is 11.3 Å². The predicted octanol–water partition coefficient (Wildman–Crippen LogP) is 7.14. The predicted molar refractivity (Wildman–Crippen MR) is 143 cm³/mol. The number of aryl methyl sites for hydroxylation is 1. The molecule has 2 aromatic heterocycles. The van der Waals surface area contributed by atoms with Gasteiger partial charge in [-0.05, 0) is 48.9 Å². The third-order valence-corrected chi connectivity index (χ3v) is 7.14. The summed E-state index contributed by atoms with van der Waals surface area (Å²) in [4.78, 5) is 22.5. The molecule has 7 heteroatoms. The number of hydrogen-bond acceptors (Lipinski definition) is 6. The van der Waals surface area contributed by atoms with Crippen molar-refractivity contribution < 1.29 is 4.79 Å². The van der Waals surface area contributed by atoms with Crippen molar-refractivity contribution in [1.82, 2.24) is 9.97 Å². The lowest BCUT2D eigenvalue weighted by molar-refractivity contribution is -0.113. The van der Waals surface area contributed by atoms with Crippen molar-refractivity contribution in [3.63, 3.8) is 0 Å². The molecule has 3 aromatic carbocycles. The van der Waals surface area contributed by atoms with Gasteiger partial charge in [-0.25, -0.2) is 9.97 Å². The van der Waals surface area contributed by atoms with Gasteiger partial charge in [-0.3, -0.25) is 4.79 Å². The van der Waals surface area contributed by atoms with Gasteiger partial charge in [0.05, 0.1) is 11.1 Å². The highest BCUT2D eigenvalue weighted by Crippen LogP contribution is 2.37. The van der Waals surface area contributed by atoms with E-state index in [1.54, 1.807) is 17.7 Å². The highest BCUT2D eigenvalue weighted by Gasteiger charge is 2.15. The van der Waals surface area contributed by atoms with Crippen molar-refractivity contribution in [3.05, 3.63) is 96.1 Å². The first-order valence-corrected chi connectivity index (χ1v) is 12.7. The minimum Gasteiger partial charge on any atom is -0.356 e. The SMILES string of the molecule is Cc1ccc(-c2csc3ncnc(SCC(=O)Nc4ccc(Nc5ccccc5)cc4)c23)cc1. The Balaban J connectivity index is 1.25. The lowest BCUT2D eigenvalue weighted by Crippen LogP contribution is -2.14. The van der Waals surface area contributed by atoms with Crippen LogP contribution in [0.3, 0.4) is 0 Å². The summed E-state index contributed by atoms with van der Waals surface area (Å²) >= 11 is 3.02. The molecule has 168 valence electrons. The molecule has 0 bridgehead atoms. The molecule has 0 saturated carbocycles. The number of para-hydroxylation sites is 1. The van der Waals surface area contributed by atoms with Crippen LogP contribution in [0.5, 0.6) is 0 Å². The monoisotopic (exact) mass is 482 g/mol. The summed E-state index contributed by atoms with van der Waals surface area (Å²) in [5.74, 6) is 0.187. The molecule has 0 spiro atoms. The fourth-order valence-corrected chi connectivity index (χ4v) is 5.35. The number of nitrogens with zero attached hydrogens (tertiary/aromatic N) is 2. The van der Waals surface area contributed by atoms with E-state index in [1.165, 1.54) is 17.3 Å². The van der Waals surface area contributed by atoms with Crippen LogP contribution in [0.1, 0.15) is 5.56 Å². The Morgan fingerprint density at radius 3 is 2.35 bits per heavy atom. The van der Waals surface area contributed by atoms with Gasteiger partial charge in [0.2, 0.25) is 5.91 Å². The molecule has 0 saturated heterocycles. The number of benzene rings is 3. The summed E-state index contributed by atoms with van der Waals surface area (Å²) in [6, 6.07) is 26.1. The zero-order valence-electron chi connectivity index (χ0n) is 18.5. The second kappa shape index (κ2) is 10.1. The van der Waals surface area contributed by atoms with Gasteiger partial charge in [0.25, 0.3) is 0 Å². The molecule has 5 rings (SSSR count). The highest BCUT2D eigenvalue weighted by atomic mass is 32.2. The van der Waals surface area contributed by atoms with Crippen LogP contribution < -0.4 is 10.6 Å². The normalized spacial score (nSPS) is 10.9. The van der Waals surface area contributed by atoms with E-state index in [4.69, 9.17) is 0 Å². The maximum absolute atomic E-state index is 12.6. The number of thiophene rings is 1. The van der Waals surface area contributed by atoms with Crippen molar-refractivity contribution >= 4 is 56.3 Å². The molecular formula is C27H22N4OS2. The molecule has 0 aliphatic rings. The van der Waals surface area contributed by atoms with Gasteiger partial charge in [0.1, 0.15) is 16.2 Å². The average Bonchev–Trinajstić information content (AvgIpc) is 3.30. The fourth-order valence-electron chi connectivity index (χ4n) is 3.56. The summed E-state index contributed by atoms with van der Waals surface area (Å²) in [6.07, 6.45) is 1.57. The molecule has 34 heavy (non-hydrogen) atoms. The van der Waals surface area contributed by atoms with E-state index in [-0.39, 0.29) is 11.7 Å². The van der Waals surface area contributed by atoms with E-state index >= 15 is 0 Å². The minimum absolute atomic E-state index is 0.0763. The molecule has 0 unspecified atom stereocenters. The second-order valence-corrected chi connectivity index (χ2v) is 9.60. The van der Waals surface area contributed by atoms with Crippen LogP contribution in [0, 0.1) is 6.92 Å². The van der Waals surface area contributed by atoms with E-state index in [2.05, 4.69) is 57.2 Å². The molecule has 1 amide bonds. The van der Waals surface area contributed by atoms with Crippen molar-refractivity contribution in [2.75, 3.05) is 16.4 Å². The minimum atomic E-state index is -0.0763. The number of amides is 1. The maximum Gasteiger partial charge on any atom is 0.234 e. The van der Waals surface area contributed by atoms with Crippen LogP contribution in [0.2, 0.25) is 0 Å². The van der Waals surface area contributed by atoms with Crippen molar-refractivity contribution in [1.29, 1.82) is 0 Å². The quantitative estimate of drug-likeness (QED) is 0.191. The zero-order valence-corrected chi connectivity index (χ0v) is 20.1. The molecule has 0 aliphatic carbocycles. The summed E-state index contributed by atoms with van der Waals surface area (Å²) in [6.45, 7) is 2.08. The van der Waals surface area contributed by atoms with E-state index in [0.717, 1.165) is 43.4 Å². The number of fused-ring (bicyclic) bond motifs is 1. The fraction of sp³-hybridized carbons (Fsp3) is 0.0741. The Labute approximate surface area is 206 Å². The van der Waals surface area contributed by atoms with E-state index in [9.17, 15) is 4.79 Å². The smallest absolute Gasteiger partial charge is 0.234 e. The lowest BCUT2D eigenvalue weighted by atomic mass is 10.1. The van der Waals surface area contributed by atoms with Crippen LogP contribution in [0.25, 0.3) is 21.3 Å². The Bertz CT molecular complexity index is 1420. The van der Waals surface area contributed by atoms with Gasteiger partial charge < -0.3 is 10.6 Å². The first-order chi connectivity index (χ1) is 16.7. The summed E-state index contributed by atoms with van der Waals surface area (Å²) < 4.78 is 0. The topological polar surface area (TPSA) is 66.9 Å². The maximum atomic E-state index is 12.6. The number of aromatic nitrogens is 2. The number of rotatable bonds is 7. The molecule has 0 aliphatic heterocycles. The molecule has 2 N–H and O–H groups in total. The van der Waals surface area contributed by atoms with Crippen LogP contribution >= 0.6 is 23.1 Å². The highest BCUT2D eigenvalue weighted by molar-refractivity contribution is 8.00. The Hall–Kier alpha value is -3.68. The summed E-state index contributed by atoms with van der Waals surface area (Å²) in [5.41, 5.74) is 6.18. The van der Waals surface area contributed by atoms with Crippen LogP contribution in [-0.4, -0.2) is 21.6 Å². The molecular weight excluding hydrogens is 460 g/mol. The summed E-state index contributed by atoms with van der Waals surface area (Å²) in [7, 11) is 0. The molecule has 0 atom stereocenters. The summed E-state index contributed by atoms with van der Waals surface area (Å²) in [5, 5.41) is 10.2. The van der Waals surface area contributed by atoms with Crippen molar-refractivity contribution in [2.45, 2.75) is 11.9 Å². The number of hydrogen-bond donors (Lipinski definition) is 2. The second-order valence-electron chi connectivity index (χ2n) is 7.78. The Morgan fingerprint density at radius 2 is 1.59 bits per heavy atom. The lowest BCUT2D eigenvalue weighted by Gasteiger charge is -2.09. The standard InChI is InChI=1S/C27H22N4OS2/c1-18-7-9-19(10-8-18)23-15-33-26-25(23)27(29-17-28-26)34-16-24(32)31-22-13-11-21(12-14-22)30-20-5-3-2-4-6-20/h2-15,17,30H,16H2,1H3,(H,31,32). The number of carbonyl (C=O) groups is 1. The molecule has 0 radical (unpaired) electrons. The number of nitrogens with one attached hydrogen (secondary N) is 2. The van der Waals surface area contributed by atoms with Gasteiger partial charge in [0, 0.05) is 28.0 Å². The molecule has 5 aromatic rings. The number of anilines is 3.